The second kappa shape index (κ2) is 8.32. The number of hydrogen-bond donors (Lipinski definition) is 2. The summed E-state index contributed by atoms with van der Waals surface area (Å²) in [7, 11) is 0. The predicted molar refractivity (Wildman–Crippen MR) is 102 cm³/mol. The molecule has 1 aliphatic rings. The molecule has 2 N–H and O–H groups in total. The maximum atomic E-state index is 9.90. The van der Waals surface area contributed by atoms with Gasteiger partial charge in [0.1, 0.15) is 30.8 Å². The first-order valence-electron chi connectivity index (χ1n) is 9.10. The smallest absolute Gasteiger partial charge is 0.161 e. The Kier molecular flexibility index (Phi) is 5.89. The molecule has 1 atom stereocenters. The topological polar surface area (TPSA) is 60.0 Å². The van der Waals surface area contributed by atoms with E-state index in [1.54, 1.807) is 6.07 Å². The fourth-order valence-corrected chi connectivity index (χ4v) is 2.92. The van der Waals surface area contributed by atoms with E-state index < -0.39 is 0 Å². The molecule has 26 heavy (non-hydrogen) atoms. The molecule has 1 aliphatic heterocycles. The molecule has 5 nitrogen and oxygen atoms in total. The Morgan fingerprint density at radius 1 is 1.23 bits per heavy atom. The molecule has 5 heteroatoms. The van der Waals surface area contributed by atoms with Crippen molar-refractivity contribution >= 4 is 0 Å². The number of aryl methyl sites for hydroxylation is 1. The molecule has 0 bridgehead atoms. The molecular formula is C21H27NO4. The minimum absolute atomic E-state index is 0.00737. The Hall–Kier alpha value is -2.40. The maximum Gasteiger partial charge on any atom is 0.161 e. The second-order valence-corrected chi connectivity index (χ2v) is 6.88. The van der Waals surface area contributed by atoms with Gasteiger partial charge in [-0.15, -0.1) is 0 Å². The summed E-state index contributed by atoms with van der Waals surface area (Å²) in [6, 6.07) is 11.4. The van der Waals surface area contributed by atoms with E-state index in [1.807, 2.05) is 37.3 Å². The Labute approximate surface area is 154 Å². The zero-order valence-electron chi connectivity index (χ0n) is 15.6. The quantitative estimate of drug-likeness (QED) is 0.741. The van der Waals surface area contributed by atoms with Gasteiger partial charge in [0.05, 0.1) is 0 Å². The van der Waals surface area contributed by atoms with Gasteiger partial charge in [-0.05, 0) is 42.7 Å². The Balaban J connectivity index is 1.45. The van der Waals surface area contributed by atoms with E-state index in [-0.39, 0.29) is 12.0 Å². The van der Waals surface area contributed by atoms with Crippen molar-refractivity contribution in [3.8, 4) is 23.0 Å². The summed E-state index contributed by atoms with van der Waals surface area (Å²) in [5.41, 5.74) is 1.84. The first kappa shape index (κ1) is 18.4. The van der Waals surface area contributed by atoms with E-state index in [2.05, 4.69) is 19.2 Å². The number of phenols is 1. The molecule has 0 radical (unpaired) electrons. The van der Waals surface area contributed by atoms with Gasteiger partial charge < -0.3 is 24.6 Å². The number of ether oxygens (including phenoxy) is 3. The van der Waals surface area contributed by atoms with Crippen LogP contribution in [0.25, 0.3) is 0 Å². The Bertz CT molecular complexity index is 745. The van der Waals surface area contributed by atoms with Crippen molar-refractivity contribution in [1.29, 1.82) is 0 Å². The van der Waals surface area contributed by atoms with E-state index in [4.69, 9.17) is 14.2 Å². The van der Waals surface area contributed by atoms with Gasteiger partial charge >= 0.3 is 0 Å². The predicted octanol–water partition coefficient (Wildman–Crippen LogP) is 3.63. The van der Waals surface area contributed by atoms with E-state index in [9.17, 15) is 5.11 Å². The molecule has 0 amide bonds. The number of hydrogen-bond acceptors (Lipinski definition) is 5. The van der Waals surface area contributed by atoms with Crippen molar-refractivity contribution in [2.45, 2.75) is 32.8 Å². The lowest BCUT2D eigenvalue weighted by Crippen LogP contribution is -2.39. The van der Waals surface area contributed by atoms with Crippen molar-refractivity contribution in [3.63, 3.8) is 0 Å². The van der Waals surface area contributed by atoms with Gasteiger partial charge in [0, 0.05) is 18.7 Å². The van der Waals surface area contributed by atoms with Crippen LogP contribution in [0.4, 0.5) is 0 Å². The largest absolute Gasteiger partial charge is 0.508 e. The summed E-state index contributed by atoms with van der Waals surface area (Å²) in [5.74, 6) is 3.04. The summed E-state index contributed by atoms with van der Waals surface area (Å²) in [4.78, 5) is 0. The summed E-state index contributed by atoms with van der Waals surface area (Å²) < 4.78 is 17.6. The zero-order valence-corrected chi connectivity index (χ0v) is 15.6. The van der Waals surface area contributed by atoms with Gasteiger partial charge in [-0.25, -0.2) is 0 Å². The van der Waals surface area contributed by atoms with Crippen LogP contribution in [0.5, 0.6) is 23.0 Å². The monoisotopic (exact) mass is 357 g/mol. The first-order valence-corrected chi connectivity index (χ1v) is 9.10. The third-order valence-electron chi connectivity index (χ3n) is 4.43. The highest BCUT2D eigenvalue weighted by Crippen LogP contribution is 2.33. The van der Waals surface area contributed by atoms with E-state index in [1.165, 1.54) is 0 Å². The van der Waals surface area contributed by atoms with Gasteiger partial charge in [-0.2, -0.15) is 0 Å². The highest BCUT2D eigenvalue weighted by Gasteiger charge is 2.20. The summed E-state index contributed by atoms with van der Waals surface area (Å²) in [5, 5.41) is 13.3. The third kappa shape index (κ3) is 4.41. The summed E-state index contributed by atoms with van der Waals surface area (Å²) in [6.45, 7) is 8.56. The van der Waals surface area contributed by atoms with E-state index in [0.717, 1.165) is 28.4 Å². The van der Waals surface area contributed by atoms with Crippen molar-refractivity contribution in [2.24, 2.45) is 0 Å². The number of fused-ring (bicyclic) bond motifs is 1. The molecule has 140 valence electrons. The average Bonchev–Trinajstić information content (AvgIpc) is 2.63. The standard InChI is InChI=1S/C21H27NO4/c1-14(2)17-11-18(23)15(3)10-21(17)24-9-8-22-12-16-13-25-19-6-4-5-7-20(19)26-16/h4-7,10-11,14,16,22-23H,8-9,12-13H2,1-3H3. The molecule has 0 aromatic heterocycles. The lowest BCUT2D eigenvalue weighted by Gasteiger charge is -2.26. The van der Waals surface area contributed by atoms with Crippen LogP contribution in [0.1, 0.15) is 30.9 Å². The van der Waals surface area contributed by atoms with Crippen LogP contribution in [-0.2, 0) is 0 Å². The number of nitrogens with one attached hydrogen (secondary N) is 1. The maximum absolute atomic E-state index is 9.90. The molecule has 0 saturated carbocycles. The Morgan fingerprint density at radius 3 is 2.77 bits per heavy atom. The van der Waals surface area contributed by atoms with E-state index in [0.29, 0.717) is 32.1 Å². The zero-order chi connectivity index (χ0) is 18.5. The van der Waals surface area contributed by atoms with Crippen LogP contribution < -0.4 is 19.5 Å². The van der Waals surface area contributed by atoms with Crippen LogP contribution >= 0.6 is 0 Å². The SMILES string of the molecule is Cc1cc(OCCNCC2COc3ccccc3O2)c(C(C)C)cc1O. The molecule has 2 aromatic carbocycles. The molecule has 1 unspecified atom stereocenters. The van der Waals surface area contributed by atoms with Gasteiger partial charge in [0.2, 0.25) is 0 Å². The lowest BCUT2D eigenvalue weighted by atomic mass is 10.00. The van der Waals surface area contributed by atoms with Crippen molar-refractivity contribution in [3.05, 3.63) is 47.5 Å². The minimum Gasteiger partial charge on any atom is -0.508 e. The molecule has 0 aliphatic carbocycles. The Morgan fingerprint density at radius 2 is 2.00 bits per heavy atom. The van der Waals surface area contributed by atoms with Crippen LogP contribution in [0.15, 0.2) is 36.4 Å². The first-order chi connectivity index (χ1) is 12.5. The third-order valence-corrected chi connectivity index (χ3v) is 4.43. The van der Waals surface area contributed by atoms with Crippen LogP contribution in [-0.4, -0.2) is 37.5 Å². The van der Waals surface area contributed by atoms with Crippen molar-refractivity contribution < 1.29 is 19.3 Å². The van der Waals surface area contributed by atoms with E-state index >= 15 is 0 Å². The highest BCUT2D eigenvalue weighted by atomic mass is 16.6. The van der Waals surface area contributed by atoms with Crippen molar-refractivity contribution in [1.82, 2.24) is 5.32 Å². The van der Waals surface area contributed by atoms with Gasteiger partial charge in [-0.1, -0.05) is 26.0 Å². The molecule has 0 saturated heterocycles. The lowest BCUT2D eigenvalue weighted by molar-refractivity contribution is 0.0897. The number of benzene rings is 2. The normalized spacial score (nSPS) is 15.9. The number of aromatic hydroxyl groups is 1. The van der Waals surface area contributed by atoms with Crippen molar-refractivity contribution in [2.75, 3.05) is 26.3 Å². The molecule has 3 rings (SSSR count). The summed E-state index contributed by atoms with van der Waals surface area (Å²) in [6.07, 6.45) is -0.00737. The van der Waals surface area contributed by atoms with Gasteiger partial charge in [-0.3, -0.25) is 0 Å². The fourth-order valence-electron chi connectivity index (χ4n) is 2.92. The highest BCUT2D eigenvalue weighted by molar-refractivity contribution is 5.46. The molecule has 0 fully saturated rings. The number of phenolic OH excluding ortho intramolecular Hbond substituents is 1. The second-order valence-electron chi connectivity index (χ2n) is 6.88. The molecule has 0 spiro atoms. The van der Waals surface area contributed by atoms with Crippen LogP contribution in [0, 0.1) is 6.92 Å². The number of rotatable bonds is 7. The number of para-hydroxylation sites is 2. The van der Waals surface area contributed by atoms with Gasteiger partial charge in [0.15, 0.2) is 11.5 Å². The van der Waals surface area contributed by atoms with Crippen LogP contribution in [0.2, 0.25) is 0 Å². The van der Waals surface area contributed by atoms with Gasteiger partial charge in [0.25, 0.3) is 0 Å². The fraction of sp³-hybridized carbons (Fsp3) is 0.429. The molecule has 2 aromatic rings. The average molecular weight is 357 g/mol. The molecule has 1 heterocycles. The molecular weight excluding hydrogens is 330 g/mol. The summed E-state index contributed by atoms with van der Waals surface area (Å²) >= 11 is 0. The van der Waals surface area contributed by atoms with Crippen LogP contribution in [0.3, 0.4) is 0 Å². The minimum atomic E-state index is -0.00737.